The largest absolute Gasteiger partial charge is 0.157 e. The topological polar surface area (TPSA) is 0 Å². The number of rotatable bonds is 1. The average Bonchev–Trinajstić information content (AvgIpc) is 2.44. The maximum absolute atomic E-state index is 6.03. The molecule has 0 heterocycles. The second kappa shape index (κ2) is 3.33. The minimum atomic E-state index is -0.905. The minimum Gasteiger partial charge on any atom is -0.0978 e. The van der Waals surface area contributed by atoms with Crippen molar-refractivity contribution < 1.29 is 0 Å². The SMILES string of the molecule is ClC1(Cl)C(C2CCCCC2)C1(Cl)Cl. The maximum atomic E-state index is 6.03. The van der Waals surface area contributed by atoms with E-state index in [1.807, 2.05) is 0 Å². The number of hydrogen-bond donors (Lipinski definition) is 0. The summed E-state index contributed by atoms with van der Waals surface area (Å²) >= 11 is 24.1. The van der Waals surface area contributed by atoms with E-state index in [-0.39, 0.29) is 5.92 Å². The van der Waals surface area contributed by atoms with E-state index < -0.39 is 8.67 Å². The summed E-state index contributed by atoms with van der Waals surface area (Å²) in [6, 6.07) is 0. The molecule has 2 saturated carbocycles. The number of alkyl halides is 4. The maximum Gasteiger partial charge on any atom is 0.157 e. The molecule has 0 unspecified atom stereocenters. The Bertz CT molecular complexity index is 192. The van der Waals surface area contributed by atoms with Crippen LogP contribution in [0, 0.1) is 11.8 Å². The third-order valence-corrected chi connectivity index (χ3v) is 5.78. The van der Waals surface area contributed by atoms with Gasteiger partial charge in [-0.15, -0.1) is 0 Å². The Morgan fingerprint density at radius 1 is 0.769 bits per heavy atom. The average molecular weight is 262 g/mol. The molecule has 0 aromatic heterocycles. The van der Waals surface area contributed by atoms with Crippen molar-refractivity contribution in [2.75, 3.05) is 0 Å². The molecule has 0 spiro atoms. The molecule has 76 valence electrons. The van der Waals surface area contributed by atoms with Crippen LogP contribution in [-0.2, 0) is 0 Å². The van der Waals surface area contributed by atoms with Crippen molar-refractivity contribution in [3.05, 3.63) is 0 Å². The first-order valence-corrected chi connectivity index (χ1v) is 6.24. The fraction of sp³-hybridized carbons (Fsp3) is 1.00. The molecule has 0 amide bonds. The lowest BCUT2D eigenvalue weighted by atomic mass is 9.86. The van der Waals surface area contributed by atoms with E-state index in [4.69, 9.17) is 46.4 Å². The highest BCUT2D eigenvalue weighted by molar-refractivity contribution is 6.68. The first kappa shape index (κ1) is 10.7. The molecule has 2 aliphatic rings. The minimum absolute atomic E-state index is 0.0759. The number of hydrogen-bond acceptors (Lipinski definition) is 0. The molecule has 0 radical (unpaired) electrons. The first-order valence-electron chi connectivity index (χ1n) is 4.73. The molecule has 0 aromatic carbocycles. The van der Waals surface area contributed by atoms with Gasteiger partial charge in [-0.3, -0.25) is 0 Å². The van der Waals surface area contributed by atoms with Crippen LogP contribution in [0.3, 0.4) is 0 Å². The fourth-order valence-electron chi connectivity index (χ4n) is 2.43. The molecule has 0 saturated heterocycles. The Kier molecular flexibility index (Phi) is 2.74. The zero-order valence-corrected chi connectivity index (χ0v) is 10.2. The first-order chi connectivity index (χ1) is 5.98. The standard InChI is InChI=1S/C9H12Cl4/c10-8(11)7(9(8,12)13)6-4-2-1-3-5-6/h6-7H,1-5H2. The van der Waals surface area contributed by atoms with Crippen LogP contribution in [0.25, 0.3) is 0 Å². The van der Waals surface area contributed by atoms with E-state index in [9.17, 15) is 0 Å². The van der Waals surface area contributed by atoms with E-state index in [2.05, 4.69) is 0 Å². The summed E-state index contributed by atoms with van der Waals surface area (Å²) in [6.07, 6.45) is 6.18. The van der Waals surface area contributed by atoms with Gasteiger partial charge in [0, 0.05) is 5.92 Å². The van der Waals surface area contributed by atoms with Crippen molar-refractivity contribution in [2.24, 2.45) is 11.8 Å². The van der Waals surface area contributed by atoms with Crippen molar-refractivity contribution >= 4 is 46.4 Å². The van der Waals surface area contributed by atoms with Gasteiger partial charge in [0.2, 0.25) is 0 Å². The number of halogens is 4. The smallest absolute Gasteiger partial charge is 0.0978 e. The zero-order valence-electron chi connectivity index (χ0n) is 7.20. The predicted molar refractivity (Wildman–Crippen MR) is 58.9 cm³/mol. The van der Waals surface area contributed by atoms with E-state index in [0.29, 0.717) is 5.92 Å². The Labute approximate surface area is 98.9 Å². The van der Waals surface area contributed by atoms with Gasteiger partial charge in [-0.2, -0.15) is 0 Å². The zero-order chi connectivity index (χ0) is 9.69. The Hall–Kier alpha value is 1.16. The fourth-order valence-corrected chi connectivity index (χ4v) is 4.27. The van der Waals surface area contributed by atoms with Gasteiger partial charge in [0.1, 0.15) is 0 Å². The van der Waals surface area contributed by atoms with E-state index in [1.165, 1.54) is 32.1 Å². The van der Waals surface area contributed by atoms with Gasteiger partial charge in [0.05, 0.1) is 0 Å². The van der Waals surface area contributed by atoms with Gasteiger partial charge in [-0.1, -0.05) is 65.7 Å². The Morgan fingerprint density at radius 3 is 1.62 bits per heavy atom. The normalized spacial score (nSPS) is 33.2. The highest BCUT2D eigenvalue weighted by Gasteiger charge is 2.77. The van der Waals surface area contributed by atoms with Crippen LogP contribution in [0.1, 0.15) is 32.1 Å². The molecule has 0 aliphatic heterocycles. The van der Waals surface area contributed by atoms with Gasteiger partial charge < -0.3 is 0 Å². The van der Waals surface area contributed by atoms with Crippen LogP contribution in [0.2, 0.25) is 0 Å². The molecule has 0 atom stereocenters. The van der Waals surface area contributed by atoms with Crippen LogP contribution in [0.15, 0.2) is 0 Å². The third-order valence-electron chi connectivity index (χ3n) is 3.26. The van der Waals surface area contributed by atoms with Crippen LogP contribution in [-0.4, -0.2) is 8.67 Å². The third kappa shape index (κ3) is 1.58. The van der Waals surface area contributed by atoms with Gasteiger partial charge >= 0.3 is 0 Å². The summed E-state index contributed by atoms with van der Waals surface area (Å²) in [5, 5.41) is 0. The molecular formula is C9H12Cl4. The van der Waals surface area contributed by atoms with Crippen molar-refractivity contribution in [2.45, 2.75) is 40.8 Å². The monoisotopic (exact) mass is 260 g/mol. The van der Waals surface area contributed by atoms with Crippen molar-refractivity contribution in [1.82, 2.24) is 0 Å². The van der Waals surface area contributed by atoms with Crippen LogP contribution in [0.5, 0.6) is 0 Å². The lowest BCUT2D eigenvalue weighted by Crippen LogP contribution is -2.12. The lowest BCUT2D eigenvalue weighted by Gasteiger charge is -2.21. The highest BCUT2D eigenvalue weighted by Crippen LogP contribution is 2.72. The summed E-state index contributed by atoms with van der Waals surface area (Å²) in [7, 11) is 0. The van der Waals surface area contributed by atoms with Crippen LogP contribution < -0.4 is 0 Å². The Morgan fingerprint density at radius 2 is 1.23 bits per heavy atom. The van der Waals surface area contributed by atoms with Gasteiger partial charge in [0.25, 0.3) is 0 Å². The van der Waals surface area contributed by atoms with E-state index in [1.54, 1.807) is 0 Å². The molecule has 0 N–H and O–H groups in total. The van der Waals surface area contributed by atoms with Gasteiger partial charge in [-0.25, -0.2) is 0 Å². The summed E-state index contributed by atoms with van der Waals surface area (Å²) < 4.78 is -1.81. The quantitative estimate of drug-likeness (QED) is 0.608. The lowest BCUT2D eigenvalue weighted by molar-refractivity contribution is 0.319. The summed E-state index contributed by atoms with van der Waals surface area (Å²) in [6.45, 7) is 0. The Balaban J connectivity index is 2.03. The molecule has 13 heavy (non-hydrogen) atoms. The molecule has 4 heteroatoms. The van der Waals surface area contributed by atoms with Crippen LogP contribution >= 0.6 is 46.4 Å². The second-order valence-electron chi connectivity index (χ2n) is 4.12. The van der Waals surface area contributed by atoms with Gasteiger partial charge in [0.15, 0.2) is 8.67 Å². The molecule has 2 aliphatic carbocycles. The summed E-state index contributed by atoms with van der Waals surface area (Å²) in [5.74, 6) is 0.603. The van der Waals surface area contributed by atoms with Crippen molar-refractivity contribution in [3.63, 3.8) is 0 Å². The molecule has 2 rings (SSSR count). The van der Waals surface area contributed by atoms with Crippen LogP contribution in [0.4, 0.5) is 0 Å². The highest BCUT2D eigenvalue weighted by atomic mass is 35.5. The molecule has 2 fully saturated rings. The van der Waals surface area contributed by atoms with Crippen molar-refractivity contribution in [3.8, 4) is 0 Å². The van der Waals surface area contributed by atoms with E-state index >= 15 is 0 Å². The van der Waals surface area contributed by atoms with Gasteiger partial charge in [-0.05, 0) is 18.8 Å². The molecule has 0 nitrogen and oxygen atoms in total. The molecular weight excluding hydrogens is 250 g/mol. The van der Waals surface area contributed by atoms with Crippen molar-refractivity contribution in [1.29, 1.82) is 0 Å². The predicted octanol–water partition coefficient (Wildman–Crippen LogP) is 4.54. The van der Waals surface area contributed by atoms with E-state index in [0.717, 1.165) is 0 Å². The second-order valence-corrected chi connectivity index (χ2v) is 6.89. The molecule has 0 bridgehead atoms. The molecule has 0 aromatic rings. The summed E-state index contributed by atoms with van der Waals surface area (Å²) in [4.78, 5) is 0. The summed E-state index contributed by atoms with van der Waals surface area (Å²) in [5.41, 5.74) is 0.